The van der Waals surface area contributed by atoms with Crippen molar-refractivity contribution in [2.45, 2.75) is 13.3 Å². The zero-order valence-electron chi connectivity index (χ0n) is 10.9. The molecule has 0 radical (unpaired) electrons. The minimum absolute atomic E-state index is 0.0346. The fourth-order valence-corrected chi connectivity index (χ4v) is 2.64. The quantitative estimate of drug-likeness (QED) is 0.797. The molecule has 0 aliphatic heterocycles. The minimum atomic E-state index is -3.00. The molecular weight excluding hydrogens is 264 g/mol. The average Bonchev–Trinajstić information content (AvgIpc) is 2.37. The van der Waals surface area contributed by atoms with E-state index in [0.29, 0.717) is 12.2 Å². The molecule has 0 unspecified atom stereocenters. The maximum absolute atomic E-state index is 11.5. The highest BCUT2D eigenvalue weighted by Crippen LogP contribution is 2.11. The Balaban J connectivity index is 2.46. The van der Waals surface area contributed by atoms with Gasteiger partial charge in [0.05, 0.1) is 11.5 Å². The van der Waals surface area contributed by atoms with Crippen LogP contribution >= 0.6 is 0 Å². The van der Waals surface area contributed by atoms with E-state index in [9.17, 15) is 8.42 Å². The molecule has 0 spiro atoms. The summed E-state index contributed by atoms with van der Waals surface area (Å²) >= 11 is 0. The van der Waals surface area contributed by atoms with Crippen LogP contribution in [0.25, 0.3) is 0 Å². The zero-order valence-corrected chi connectivity index (χ0v) is 11.7. The van der Waals surface area contributed by atoms with Gasteiger partial charge in [0.1, 0.15) is 19.0 Å². The maximum Gasteiger partial charge on any atom is 0.153 e. The Morgan fingerprint density at radius 3 is 2.47 bits per heavy atom. The minimum Gasteiger partial charge on any atom is -0.493 e. The van der Waals surface area contributed by atoms with Crippen LogP contribution < -0.4 is 4.74 Å². The Labute approximate surface area is 114 Å². The molecular formula is C14H18O4S. The van der Waals surface area contributed by atoms with Gasteiger partial charge in [-0.15, -0.1) is 0 Å². The predicted octanol–water partition coefficient (Wildman–Crippen LogP) is 1.23. The number of hydrogen-bond donors (Lipinski definition) is 1. The Morgan fingerprint density at radius 1 is 1.21 bits per heavy atom. The molecule has 0 saturated carbocycles. The van der Waals surface area contributed by atoms with Gasteiger partial charge in [-0.1, -0.05) is 18.8 Å². The predicted molar refractivity (Wildman–Crippen MR) is 74.8 cm³/mol. The summed E-state index contributed by atoms with van der Waals surface area (Å²) in [6.07, 6.45) is 0.626. The summed E-state index contributed by atoms with van der Waals surface area (Å²) in [5.41, 5.74) is 0.778. The van der Waals surface area contributed by atoms with E-state index >= 15 is 0 Å². The topological polar surface area (TPSA) is 63.6 Å². The van der Waals surface area contributed by atoms with Gasteiger partial charge in [0.15, 0.2) is 9.84 Å². The molecule has 1 aromatic rings. The maximum atomic E-state index is 11.5. The Morgan fingerprint density at radius 2 is 1.89 bits per heavy atom. The lowest BCUT2D eigenvalue weighted by molar-refractivity contribution is 0.341. The molecule has 0 aliphatic rings. The molecule has 0 aliphatic carbocycles. The number of ether oxygens (including phenoxy) is 1. The number of sulfone groups is 1. The fourth-order valence-electron chi connectivity index (χ4n) is 1.48. The summed E-state index contributed by atoms with van der Waals surface area (Å²) in [6, 6.07) is 6.98. The normalized spacial score (nSPS) is 10.6. The van der Waals surface area contributed by atoms with Crippen LogP contribution in [0, 0.1) is 11.8 Å². The van der Waals surface area contributed by atoms with E-state index in [2.05, 4.69) is 11.8 Å². The summed E-state index contributed by atoms with van der Waals surface area (Å²) in [5.74, 6) is 6.16. The summed E-state index contributed by atoms with van der Waals surface area (Å²) < 4.78 is 28.3. The largest absolute Gasteiger partial charge is 0.493 e. The summed E-state index contributed by atoms with van der Waals surface area (Å²) in [6.45, 7) is 1.82. The van der Waals surface area contributed by atoms with Crippen molar-refractivity contribution < 1.29 is 18.3 Å². The number of benzene rings is 1. The molecule has 1 aromatic carbocycles. The zero-order chi connectivity index (χ0) is 14.1. The van der Waals surface area contributed by atoms with Crippen LogP contribution in [0.4, 0.5) is 0 Å². The van der Waals surface area contributed by atoms with Crippen LogP contribution in [0.1, 0.15) is 18.9 Å². The van der Waals surface area contributed by atoms with Crippen LogP contribution in [0.5, 0.6) is 5.75 Å². The van der Waals surface area contributed by atoms with Gasteiger partial charge in [0.2, 0.25) is 0 Å². The molecule has 19 heavy (non-hydrogen) atoms. The van der Waals surface area contributed by atoms with Crippen LogP contribution in [0.15, 0.2) is 24.3 Å². The highest BCUT2D eigenvalue weighted by atomic mass is 32.2. The van der Waals surface area contributed by atoms with E-state index in [1.165, 1.54) is 0 Å². The van der Waals surface area contributed by atoms with Gasteiger partial charge in [0.25, 0.3) is 0 Å². The first-order chi connectivity index (χ1) is 9.07. The number of rotatable bonds is 6. The molecule has 0 amide bonds. The molecule has 0 heterocycles. The van der Waals surface area contributed by atoms with Gasteiger partial charge in [-0.3, -0.25) is 0 Å². The molecule has 0 bridgehead atoms. The van der Waals surface area contributed by atoms with E-state index < -0.39 is 9.84 Å². The molecule has 1 N–H and O–H groups in total. The molecule has 104 valence electrons. The Kier molecular flexibility index (Phi) is 6.40. The highest BCUT2D eigenvalue weighted by Gasteiger charge is 2.09. The first-order valence-electron chi connectivity index (χ1n) is 6.10. The van der Waals surface area contributed by atoms with Crippen molar-refractivity contribution in [2.24, 2.45) is 0 Å². The lowest BCUT2D eigenvalue weighted by Gasteiger charge is -2.06. The van der Waals surface area contributed by atoms with Gasteiger partial charge < -0.3 is 9.84 Å². The third-order valence-corrected chi connectivity index (χ3v) is 4.16. The molecule has 5 heteroatoms. The molecule has 0 fully saturated rings. The number of hydrogen-bond acceptors (Lipinski definition) is 4. The van der Waals surface area contributed by atoms with Crippen molar-refractivity contribution in [1.82, 2.24) is 0 Å². The molecule has 0 aromatic heterocycles. The smallest absolute Gasteiger partial charge is 0.153 e. The van der Waals surface area contributed by atoms with E-state index in [4.69, 9.17) is 9.84 Å². The third-order valence-electron chi connectivity index (χ3n) is 2.34. The van der Waals surface area contributed by atoms with Gasteiger partial charge in [0, 0.05) is 5.56 Å². The lowest BCUT2D eigenvalue weighted by Crippen LogP contribution is -2.16. The average molecular weight is 282 g/mol. The lowest BCUT2D eigenvalue weighted by atomic mass is 10.2. The van der Waals surface area contributed by atoms with Crippen LogP contribution in [-0.2, 0) is 9.84 Å². The highest BCUT2D eigenvalue weighted by molar-refractivity contribution is 7.91. The van der Waals surface area contributed by atoms with Crippen LogP contribution in [0.3, 0.4) is 0 Å². The van der Waals surface area contributed by atoms with Crippen LogP contribution in [0.2, 0.25) is 0 Å². The van der Waals surface area contributed by atoms with E-state index in [-0.39, 0.29) is 24.7 Å². The Bertz CT molecular complexity index is 535. The first kappa shape index (κ1) is 15.5. The molecule has 4 nitrogen and oxygen atoms in total. The summed E-state index contributed by atoms with van der Waals surface area (Å²) in [7, 11) is -3.00. The summed E-state index contributed by atoms with van der Waals surface area (Å²) in [5, 5.41) is 8.56. The van der Waals surface area contributed by atoms with Gasteiger partial charge in [-0.2, -0.15) is 0 Å². The SMILES string of the molecule is CCCS(=O)(=O)CCOc1ccc(C#CCO)cc1. The van der Waals surface area contributed by atoms with Gasteiger partial charge in [-0.05, 0) is 30.7 Å². The Hall–Kier alpha value is -1.51. The second kappa shape index (κ2) is 7.82. The molecule has 0 saturated heterocycles. The van der Waals surface area contributed by atoms with Crippen molar-refractivity contribution >= 4 is 9.84 Å². The van der Waals surface area contributed by atoms with Crippen molar-refractivity contribution in [3.05, 3.63) is 29.8 Å². The van der Waals surface area contributed by atoms with Crippen molar-refractivity contribution in [1.29, 1.82) is 0 Å². The first-order valence-corrected chi connectivity index (χ1v) is 7.92. The van der Waals surface area contributed by atoms with Gasteiger partial charge in [-0.25, -0.2) is 8.42 Å². The van der Waals surface area contributed by atoms with Crippen molar-refractivity contribution in [3.8, 4) is 17.6 Å². The van der Waals surface area contributed by atoms with Gasteiger partial charge >= 0.3 is 0 Å². The van der Waals surface area contributed by atoms with Crippen molar-refractivity contribution in [3.63, 3.8) is 0 Å². The van der Waals surface area contributed by atoms with E-state index in [1.54, 1.807) is 24.3 Å². The third kappa shape index (κ3) is 6.27. The van der Waals surface area contributed by atoms with Crippen LogP contribution in [-0.4, -0.2) is 38.2 Å². The summed E-state index contributed by atoms with van der Waals surface area (Å²) in [4.78, 5) is 0. The number of aliphatic hydroxyl groups is 1. The second-order valence-corrected chi connectivity index (χ2v) is 6.29. The second-order valence-electron chi connectivity index (χ2n) is 3.98. The molecule has 1 rings (SSSR count). The van der Waals surface area contributed by atoms with E-state index in [0.717, 1.165) is 5.56 Å². The standard InChI is InChI=1S/C14H18O4S/c1-2-11-19(16,17)12-10-18-14-7-5-13(6-8-14)4-3-9-15/h5-8,15H,2,9-12H2,1H3. The monoisotopic (exact) mass is 282 g/mol. The fraction of sp³-hybridized carbons (Fsp3) is 0.429. The van der Waals surface area contributed by atoms with E-state index in [1.807, 2.05) is 6.92 Å². The number of aliphatic hydroxyl groups excluding tert-OH is 1. The van der Waals surface area contributed by atoms with Crippen molar-refractivity contribution in [2.75, 3.05) is 24.7 Å². The molecule has 0 atom stereocenters.